The van der Waals surface area contributed by atoms with Crippen LogP contribution >= 0.6 is 0 Å². The summed E-state index contributed by atoms with van der Waals surface area (Å²) >= 11 is 0. The number of anilines is 1. The number of phenols is 1. The fourth-order valence-corrected chi connectivity index (χ4v) is 5.14. The Morgan fingerprint density at radius 2 is 1.73 bits per heavy atom. The first kappa shape index (κ1) is 20.9. The largest absolute Gasteiger partial charge is 0.506 e. The highest BCUT2D eigenvalue weighted by molar-refractivity contribution is 5.96. The first-order valence-corrected chi connectivity index (χ1v) is 11.1. The van der Waals surface area contributed by atoms with Crippen LogP contribution in [0.1, 0.15) is 65.3 Å². The number of phenolic OH excluding ortho intramolecular Hbond substituents is 1. The van der Waals surface area contributed by atoms with Gasteiger partial charge in [0, 0.05) is 19.0 Å². The highest BCUT2D eigenvalue weighted by Gasteiger charge is 2.27. The minimum atomic E-state index is -0.685. The number of aromatic hydroxyl groups is 1. The third-order valence-electron chi connectivity index (χ3n) is 6.68. The van der Waals surface area contributed by atoms with Crippen LogP contribution in [0.25, 0.3) is 0 Å². The second-order valence-corrected chi connectivity index (χ2v) is 8.65. The van der Waals surface area contributed by atoms with Crippen LogP contribution in [0.4, 0.5) is 5.69 Å². The molecule has 0 radical (unpaired) electrons. The minimum Gasteiger partial charge on any atom is -0.506 e. The van der Waals surface area contributed by atoms with Gasteiger partial charge in [-0.2, -0.15) is 0 Å². The number of aliphatic hydroxyl groups is 1. The highest BCUT2D eigenvalue weighted by Crippen LogP contribution is 2.39. The minimum absolute atomic E-state index is 0.0733. The zero-order valence-corrected chi connectivity index (χ0v) is 18.1. The molecule has 0 fully saturated rings. The number of amides is 1. The lowest BCUT2D eigenvalue weighted by molar-refractivity contribution is -0.116. The normalized spacial score (nSPS) is 16.9. The summed E-state index contributed by atoms with van der Waals surface area (Å²) in [6, 6.07) is 6.69. The first-order chi connectivity index (χ1) is 14.4. The SMILES string of the molecule is CCc1cc2c(cc1CC)CC(NCC(O)c1c(C)cc(O)c3c1CCC(=O)N3)C2. The van der Waals surface area contributed by atoms with Gasteiger partial charge in [0.1, 0.15) is 5.75 Å². The van der Waals surface area contributed by atoms with Gasteiger partial charge in [-0.25, -0.2) is 0 Å². The third kappa shape index (κ3) is 3.84. The van der Waals surface area contributed by atoms with E-state index in [0.29, 0.717) is 31.1 Å². The third-order valence-corrected chi connectivity index (χ3v) is 6.68. The van der Waals surface area contributed by atoms with E-state index in [0.717, 1.165) is 42.4 Å². The maximum absolute atomic E-state index is 11.7. The Kier molecular flexibility index (Phi) is 5.85. The number of nitrogens with one attached hydrogen (secondary N) is 2. The number of rotatable bonds is 6. The predicted molar refractivity (Wildman–Crippen MR) is 119 cm³/mol. The molecule has 4 rings (SSSR count). The van der Waals surface area contributed by atoms with Crippen molar-refractivity contribution < 1.29 is 15.0 Å². The summed E-state index contributed by atoms with van der Waals surface area (Å²) in [5.74, 6) is -0.0222. The van der Waals surface area contributed by atoms with Crippen molar-refractivity contribution in [2.24, 2.45) is 0 Å². The van der Waals surface area contributed by atoms with Crippen LogP contribution in [0, 0.1) is 6.92 Å². The molecule has 4 N–H and O–H groups in total. The van der Waals surface area contributed by atoms with Gasteiger partial charge in [-0.3, -0.25) is 4.79 Å². The van der Waals surface area contributed by atoms with E-state index in [-0.39, 0.29) is 11.7 Å². The van der Waals surface area contributed by atoms with E-state index >= 15 is 0 Å². The Labute approximate surface area is 178 Å². The molecule has 5 heteroatoms. The van der Waals surface area contributed by atoms with E-state index in [9.17, 15) is 15.0 Å². The van der Waals surface area contributed by atoms with E-state index in [1.807, 2.05) is 6.92 Å². The lowest BCUT2D eigenvalue weighted by atomic mass is 9.90. The van der Waals surface area contributed by atoms with Crippen molar-refractivity contribution in [1.82, 2.24) is 5.32 Å². The molecule has 2 aromatic rings. The van der Waals surface area contributed by atoms with Crippen LogP contribution in [0.2, 0.25) is 0 Å². The standard InChI is InChI=1S/C25H32N2O3/c1-4-15-9-17-11-19(12-18(17)10-16(15)5-2)26-13-22(29)24-14(3)8-21(28)25-20(24)6-7-23(30)27-25/h8-10,19,22,26,28-29H,4-7,11-13H2,1-3H3,(H,27,30). The number of hydrogen-bond donors (Lipinski definition) is 4. The van der Waals surface area contributed by atoms with Gasteiger partial charge in [0.15, 0.2) is 0 Å². The molecule has 0 spiro atoms. The molecule has 5 nitrogen and oxygen atoms in total. The first-order valence-electron chi connectivity index (χ1n) is 11.1. The van der Waals surface area contributed by atoms with E-state index in [2.05, 4.69) is 36.6 Å². The summed E-state index contributed by atoms with van der Waals surface area (Å²) in [6.45, 7) is 6.78. The topological polar surface area (TPSA) is 81.6 Å². The van der Waals surface area contributed by atoms with Crippen LogP contribution in [-0.2, 0) is 36.9 Å². The molecule has 1 amide bonds. The van der Waals surface area contributed by atoms with Gasteiger partial charge in [0.2, 0.25) is 5.91 Å². The number of fused-ring (bicyclic) bond motifs is 2. The Balaban J connectivity index is 1.48. The molecule has 2 aromatic carbocycles. The molecule has 30 heavy (non-hydrogen) atoms. The smallest absolute Gasteiger partial charge is 0.224 e. The maximum atomic E-state index is 11.7. The molecule has 2 aliphatic rings. The van der Waals surface area contributed by atoms with Gasteiger partial charge >= 0.3 is 0 Å². The monoisotopic (exact) mass is 408 g/mol. The van der Waals surface area contributed by atoms with Gasteiger partial charge in [0.05, 0.1) is 11.8 Å². The highest BCUT2D eigenvalue weighted by atomic mass is 16.3. The average Bonchev–Trinajstić information content (AvgIpc) is 3.13. The van der Waals surface area contributed by atoms with Crippen molar-refractivity contribution in [3.8, 4) is 5.75 Å². The van der Waals surface area contributed by atoms with Crippen LogP contribution in [0.5, 0.6) is 5.75 Å². The molecule has 0 aromatic heterocycles. The molecule has 1 aliphatic heterocycles. The van der Waals surface area contributed by atoms with Crippen LogP contribution in [-0.4, -0.2) is 28.7 Å². The summed E-state index contributed by atoms with van der Waals surface area (Å²) in [5, 5.41) is 27.6. The Bertz CT molecular complexity index is 950. The molecule has 1 heterocycles. The van der Waals surface area contributed by atoms with Gasteiger partial charge in [0.25, 0.3) is 0 Å². The van der Waals surface area contributed by atoms with Crippen molar-refractivity contribution in [3.05, 3.63) is 57.1 Å². The van der Waals surface area contributed by atoms with Gasteiger partial charge in [-0.05, 0) is 84.0 Å². The fourth-order valence-electron chi connectivity index (χ4n) is 5.14. The number of carbonyl (C=O) groups excluding carboxylic acids is 1. The molecule has 0 bridgehead atoms. The Morgan fingerprint density at radius 3 is 2.33 bits per heavy atom. The average molecular weight is 409 g/mol. The number of aliphatic hydroxyl groups excluding tert-OH is 1. The van der Waals surface area contributed by atoms with Gasteiger partial charge in [-0.1, -0.05) is 26.0 Å². The summed E-state index contributed by atoms with van der Waals surface area (Å²) in [7, 11) is 0. The number of carbonyl (C=O) groups is 1. The number of hydrogen-bond acceptors (Lipinski definition) is 4. The zero-order valence-electron chi connectivity index (χ0n) is 18.1. The summed E-state index contributed by atoms with van der Waals surface area (Å²) in [6.07, 6.45) is 4.33. The molecule has 1 atom stereocenters. The fraction of sp³-hybridized carbons (Fsp3) is 0.480. The molecule has 1 aliphatic carbocycles. The quantitative estimate of drug-likeness (QED) is 0.552. The lowest BCUT2D eigenvalue weighted by Crippen LogP contribution is -2.34. The Morgan fingerprint density at radius 1 is 1.10 bits per heavy atom. The molecular weight excluding hydrogens is 376 g/mol. The van der Waals surface area contributed by atoms with E-state index in [4.69, 9.17) is 0 Å². The van der Waals surface area contributed by atoms with Crippen LogP contribution in [0.3, 0.4) is 0 Å². The van der Waals surface area contributed by atoms with Crippen LogP contribution in [0.15, 0.2) is 18.2 Å². The number of aryl methyl sites for hydroxylation is 3. The second kappa shape index (κ2) is 8.40. The van der Waals surface area contributed by atoms with Crippen molar-refractivity contribution in [2.75, 3.05) is 11.9 Å². The molecule has 1 unspecified atom stereocenters. The van der Waals surface area contributed by atoms with Gasteiger partial charge in [-0.15, -0.1) is 0 Å². The predicted octanol–water partition coefficient (Wildman–Crippen LogP) is 3.50. The van der Waals surface area contributed by atoms with E-state index in [1.165, 1.54) is 22.3 Å². The Hall–Kier alpha value is -2.37. The summed E-state index contributed by atoms with van der Waals surface area (Å²) in [5.41, 5.74) is 8.75. The number of benzene rings is 2. The van der Waals surface area contributed by atoms with Crippen LogP contribution < -0.4 is 10.6 Å². The van der Waals surface area contributed by atoms with Crippen molar-refractivity contribution in [2.45, 2.75) is 71.4 Å². The molecule has 160 valence electrons. The van der Waals surface area contributed by atoms with E-state index in [1.54, 1.807) is 6.07 Å². The summed E-state index contributed by atoms with van der Waals surface area (Å²) < 4.78 is 0. The van der Waals surface area contributed by atoms with E-state index < -0.39 is 6.10 Å². The molecule has 0 saturated carbocycles. The van der Waals surface area contributed by atoms with Gasteiger partial charge < -0.3 is 20.8 Å². The lowest BCUT2D eigenvalue weighted by Gasteiger charge is -2.26. The zero-order chi connectivity index (χ0) is 21.4. The maximum Gasteiger partial charge on any atom is 0.224 e. The summed E-state index contributed by atoms with van der Waals surface area (Å²) in [4.78, 5) is 11.7. The molecule has 0 saturated heterocycles. The van der Waals surface area contributed by atoms with Crippen molar-refractivity contribution in [1.29, 1.82) is 0 Å². The second-order valence-electron chi connectivity index (χ2n) is 8.65. The van der Waals surface area contributed by atoms with Crippen molar-refractivity contribution in [3.63, 3.8) is 0 Å². The molecular formula is C25H32N2O3. The van der Waals surface area contributed by atoms with Crippen molar-refractivity contribution >= 4 is 11.6 Å².